The highest BCUT2D eigenvalue weighted by atomic mass is 32.2. The van der Waals surface area contributed by atoms with E-state index in [1.54, 1.807) is 25.1 Å². The highest BCUT2D eigenvalue weighted by Crippen LogP contribution is 2.21. The molecule has 0 amide bonds. The van der Waals surface area contributed by atoms with Gasteiger partial charge in [0.15, 0.2) is 0 Å². The summed E-state index contributed by atoms with van der Waals surface area (Å²) in [5.74, 6) is 1.39. The first kappa shape index (κ1) is 11.7. The largest absolute Gasteiger partial charge is 0.481 e. The number of nitrogens with zero attached hydrogens (tertiary/aromatic N) is 2. The van der Waals surface area contributed by atoms with Gasteiger partial charge in [0.05, 0.1) is 29.7 Å². The lowest BCUT2D eigenvalue weighted by molar-refractivity contribution is 0.397. The van der Waals surface area contributed by atoms with Gasteiger partial charge in [-0.1, -0.05) is 6.07 Å². The zero-order chi connectivity index (χ0) is 12.1. The number of rotatable bonds is 4. The van der Waals surface area contributed by atoms with Gasteiger partial charge in [0, 0.05) is 11.8 Å². The molecule has 0 unspecified atom stereocenters. The molecule has 2 aromatic rings. The van der Waals surface area contributed by atoms with E-state index >= 15 is 0 Å². The van der Waals surface area contributed by atoms with Crippen LogP contribution in [0, 0.1) is 0 Å². The van der Waals surface area contributed by atoms with Crippen molar-refractivity contribution in [3.05, 3.63) is 42.2 Å². The maximum Gasteiger partial charge on any atom is 0.213 e. The van der Waals surface area contributed by atoms with E-state index < -0.39 is 0 Å². The van der Waals surface area contributed by atoms with Crippen LogP contribution in [0.15, 0.2) is 41.6 Å². The van der Waals surface area contributed by atoms with Crippen molar-refractivity contribution < 1.29 is 4.74 Å². The van der Waals surface area contributed by atoms with Crippen molar-refractivity contribution in [3.63, 3.8) is 0 Å². The number of nitrogen functional groups attached to an aromatic ring is 1. The second-order valence-corrected chi connectivity index (χ2v) is 4.39. The Labute approximate surface area is 104 Å². The van der Waals surface area contributed by atoms with Gasteiger partial charge in [-0.25, -0.2) is 9.97 Å². The highest BCUT2D eigenvalue weighted by molar-refractivity contribution is 7.98. The van der Waals surface area contributed by atoms with Crippen molar-refractivity contribution in [2.24, 2.45) is 0 Å². The van der Waals surface area contributed by atoms with Gasteiger partial charge >= 0.3 is 0 Å². The van der Waals surface area contributed by atoms with E-state index in [0.29, 0.717) is 11.6 Å². The van der Waals surface area contributed by atoms with Gasteiger partial charge in [0.2, 0.25) is 5.88 Å². The van der Waals surface area contributed by atoms with Crippen LogP contribution >= 0.6 is 11.8 Å². The van der Waals surface area contributed by atoms with E-state index in [-0.39, 0.29) is 0 Å². The summed E-state index contributed by atoms with van der Waals surface area (Å²) < 4.78 is 5.07. The van der Waals surface area contributed by atoms with Gasteiger partial charge in [0.1, 0.15) is 0 Å². The Kier molecular flexibility index (Phi) is 3.82. The van der Waals surface area contributed by atoms with E-state index in [4.69, 9.17) is 10.5 Å². The van der Waals surface area contributed by atoms with Gasteiger partial charge < -0.3 is 10.5 Å². The second kappa shape index (κ2) is 5.54. The molecular weight excluding hydrogens is 234 g/mol. The summed E-state index contributed by atoms with van der Waals surface area (Å²) in [5.41, 5.74) is 7.21. The molecule has 0 saturated heterocycles. The molecule has 4 nitrogen and oxygen atoms in total. The molecule has 0 aliphatic carbocycles. The molecule has 0 atom stereocenters. The maximum absolute atomic E-state index is 5.57. The average molecular weight is 247 g/mol. The molecule has 0 bridgehead atoms. The third-order valence-electron chi connectivity index (χ3n) is 2.12. The summed E-state index contributed by atoms with van der Waals surface area (Å²) >= 11 is 1.62. The van der Waals surface area contributed by atoms with E-state index in [9.17, 15) is 0 Å². The Balaban J connectivity index is 1.99. The number of aromatic nitrogens is 2. The van der Waals surface area contributed by atoms with Crippen molar-refractivity contribution in [3.8, 4) is 5.88 Å². The molecular formula is C12H13N3OS. The molecule has 0 spiro atoms. The van der Waals surface area contributed by atoms with Gasteiger partial charge in [-0.15, -0.1) is 11.8 Å². The first-order valence-corrected chi connectivity index (χ1v) is 6.11. The number of ether oxygens (including phenoxy) is 1. The Hall–Kier alpha value is -1.75. The Morgan fingerprint density at radius 1 is 1.29 bits per heavy atom. The van der Waals surface area contributed by atoms with Crippen molar-refractivity contribution in [2.75, 3.05) is 12.8 Å². The molecule has 0 saturated carbocycles. The normalized spacial score (nSPS) is 10.2. The van der Waals surface area contributed by atoms with E-state index in [2.05, 4.69) is 9.97 Å². The molecule has 2 heterocycles. The summed E-state index contributed by atoms with van der Waals surface area (Å²) in [6.07, 6.45) is 1.65. The lowest BCUT2D eigenvalue weighted by Gasteiger charge is -2.03. The number of pyridine rings is 2. The van der Waals surface area contributed by atoms with Gasteiger partial charge in [-0.3, -0.25) is 0 Å². The molecule has 17 heavy (non-hydrogen) atoms. The molecule has 2 N–H and O–H groups in total. The number of thioether (sulfide) groups is 1. The summed E-state index contributed by atoms with van der Waals surface area (Å²) in [5, 5.41) is 0.934. The minimum absolute atomic E-state index is 0.633. The minimum Gasteiger partial charge on any atom is -0.481 e. The zero-order valence-corrected chi connectivity index (χ0v) is 10.3. The summed E-state index contributed by atoms with van der Waals surface area (Å²) in [7, 11) is 1.61. The van der Waals surface area contributed by atoms with Crippen molar-refractivity contribution >= 4 is 17.4 Å². The lowest BCUT2D eigenvalue weighted by Crippen LogP contribution is -1.92. The third kappa shape index (κ3) is 3.35. The SMILES string of the molecule is COc1cccc(CSc2ccc(N)cn2)n1. The zero-order valence-electron chi connectivity index (χ0n) is 9.46. The quantitative estimate of drug-likeness (QED) is 0.840. The predicted octanol–water partition coefficient (Wildman–Crippen LogP) is 2.36. The minimum atomic E-state index is 0.633. The number of methoxy groups -OCH3 is 1. The van der Waals surface area contributed by atoms with Crippen LogP contribution < -0.4 is 10.5 Å². The van der Waals surface area contributed by atoms with Gasteiger partial charge in [-0.2, -0.15) is 0 Å². The second-order valence-electron chi connectivity index (χ2n) is 3.39. The summed E-state index contributed by atoms with van der Waals surface area (Å²) in [6, 6.07) is 9.47. The van der Waals surface area contributed by atoms with E-state index in [1.165, 1.54) is 0 Å². The maximum atomic E-state index is 5.57. The van der Waals surface area contributed by atoms with Crippen LogP contribution in [0.25, 0.3) is 0 Å². The molecule has 0 fully saturated rings. The molecule has 2 rings (SSSR count). The molecule has 88 valence electrons. The van der Waals surface area contributed by atoms with E-state index in [1.807, 2.05) is 30.3 Å². The Bertz CT molecular complexity index is 487. The summed E-state index contributed by atoms with van der Waals surface area (Å²) in [4.78, 5) is 8.54. The first-order valence-electron chi connectivity index (χ1n) is 5.12. The Morgan fingerprint density at radius 3 is 2.88 bits per heavy atom. The van der Waals surface area contributed by atoms with Crippen molar-refractivity contribution in [1.29, 1.82) is 0 Å². The lowest BCUT2D eigenvalue weighted by atomic mass is 10.4. The van der Waals surface area contributed by atoms with Crippen LogP contribution in [0.2, 0.25) is 0 Å². The van der Waals surface area contributed by atoms with Crippen LogP contribution in [-0.2, 0) is 5.75 Å². The number of nitrogens with two attached hydrogens (primary N) is 1. The van der Waals surface area contributed by atoms with Gasteiger partial charge in [0.25, 0.3) is 0 Å². The van der Waals surface area contributed by atoms with Crippen LogP contribution in [-0.4, -0.2) is 17.1 Å². The molecule has 0 aromatic carbocycles. The first-order chi connectivity index (χ1) is 8.28. The van der Waals surface area contributed by atoms with Crippen LogP contribution in [0.4, 0.5) is 5.69 Å². The fraction of sp³-hybridized carbons (Fsp3) is 0.167. The van der Waals surface area contributed by atoms with Crippen LogP contribution in [0.3, 0.4) is 0 Å². The molecule has 0 aliphatic rings. The van der Waals surface area contributed by atoms with Crippen LogP contribution in [0.1, 0.15) is 5.69 Å². The summed E-state index contributed by atoms with van der Waals surface area (Å²) in [6.45, 7) is 0. The smallest absolute Gasteiger partial charge is 0.213 e. The molecule has 5 heteroatoms. The fourth-order valence-corrected chi connectivity index (χ4v) is 2.02. The monoisotopic (exact) mass is 247 g/mol. The molecule has 2 aromatic heterocycles. The number of hydrogen-bond donors (Lipinski definition) is 1. The van der Waals surface area contributed by atoms with Crippen molar-refractivity contribution in [1.82, 2.24) is 9.97 Å². The number of hydrogen-bond acceptors (Lipinski definition) is 5. The highest BCUT2D eigenvalue weighted by Gasteiger charge is 2.00. The third-order valence-corrected chi connectivity index (χ3v) is 3.09. The van der Waals surface area contributed by atoms with Gasteiger partial charge in [-0.05, 0) is 18.2 Å². The molecule has 0 radical (unpaired) electrons. The average Bonchev–Trinajstić information content (AvgIpc) is 2.38. The van der Waals surface area contributed by atoms with Crippen LogP contribution in [0.5, 0.6) is 5.88 Å². The number of anilines is 1. The van der Waals surface area contributed by atoms with Crippen molar-refractivity contribution in [2.45, 2.75) is 10.8 Å². The van der Waals surface area contributed by atoms with E-state index in [0.717, 1.165) is 16.5 Å². The standard InChI is InChI=1S/C12H13N3OS/c1-16-11-4-2-3-10(15-11)8-17-12-6-5-9(13)7-14-12/h2-7H,8,13H2,1H3. The fourth-order valence-electron chi connectivity index (χ4n) is 1.28. The molecule has 0 aliphatic heterocycles. The predicted molar refractivity (Wildman–Crippen MR) is 69.0 cm³/mol. The topological polar surface area (TPSA) is 61.0 Å². The Morgan fingerprint density at radius 2 is 2.18 bits per heavy atom.